The van der Waals surface area contributed by atoms with Crippen molar-refractivity contribution in [2.45, 2.75) is 20.0 Å². The third-order valence-corrected chi connectivity index (χ3v) is 2.50. The van der Waals surface area contributed by atoms with Gasteiger partial charge in [-0.25, -0.2) is 4.39 Å². The second kappa shape index (κ2) is 7.51. The molecule has 0 saturated carbocycles. The van der Waals surface area contributed by atoms with Gasteiger partial charge in [0.2, 0.25) is 0 Å². The summed E-state index contributed by atoms with van der Waals surface area (Å²) in [7, 11) is 0. The second-order valence-corrected chi connectivity index (χ2v) is 4.14. The van der Waals surface area contributed by atoms with Crippen molar-refractivity contribution in [1.82, 2.24) is 4.90 Å². The van der Waals surface area contributed by atoms with Crippen molar-refractivity contribution >= 4 is 11.9 Å². The molecule has 1 N–H and O–H groups in total. The molecule has 0 bridgehead atoms. The van der Waals surface area contributed by atoms with Crippen LogP contribution in [0, 0.1) is 5.82 Å². The van der Waals surface area contributed by atoms with Gasteiger partial charge in [0.15, 0.2) is 0 Å². The van der Waals surface area contributed by atoms with Crippen LogP contribution in [0.25, 0.3) is 0 Å². The first-order valence-electron chi connectivity index (χ1n) is 6.10. The number of carbonyl (C=O) groups is 2. The molecule has 0 aliphatic rings. The fraction of sp³-hybridized carbons (Fsp3) is 0.385. The molecule has 0 radical (unpaired) electrons. The maximum Gasteiger partial charge on any atom is 0.387 e. The normalized spacial score (nSPS) is 10.5. The van der Waals surface area contributed by atoms with Crippen molar-refractivity contribution < 1.29 is 32.6 Å². The van der Waals surface area contributed by atoms with Gasteiger partial charge in [0, 0.05) is 12.6 Å². The van der Waals surface area contributed by atoms with Crippen molar-refractivity contribution in [3.8, 4) is 5.75 Å². The molecular weight excluding hydrogens is 291 g/mol. The van der Waals surface area contributed by atoms with E-state index in [9.17, 15) is 22.8 Å². The highest BCUT2D eigenvalue weighted by Gasteiger charge is 2.23. The predicted molar refractivity (Wildman–Crippen MR) is 66.9 cm³/mol. The number of hydrogen-bond donors (Lipinski definition) is 1. The lowest BCUT2D eigenvalue weighted by atomic mass is 10.1. The van der Waals surface area contributed by atoms with Crippen LogP contribution in [0.3, 0.4) is 0 Å². The number of benzene rings is 1. The summed E-state index contributed by atoms with van der Waals surface area (Å²) in [5.74, 6) is -3.52. The molecule has 0 aliphatic heterocycles. The first-order valence-corrected chi connectivity index (χ1v) is 6.10. The average Bonchev–Trinajstić information content (AvgIpc) is 2.36. The zero-order valence-electron chi connectivity index (χ0n) is 11.2. The van der Waals surface area contributed by atoms with Crippen LogP contribution in [0.4, 0.5) is 13.2 Å². The number of aliphatic carboxylic acids is 1. The topological polar surface area (TPSA) is 66.8 Å². The van der Waals surface area contributed by atoms with Gasteiger partial charge >= 0.3 is 12.6 Å². The number of alkyl halides is 2. The van der Waals surface area contributed by atoms with Crippen LogP contribution in [0.15, 0.2) is 18.2 Å². The molecule has 116 valence electrons. The number of carboxylic acids is 1. The number of carbonyl (C=O) groups excluding carboxylic acids is 1. The molecule has 1 aromatic rings. The van der Waals surface area contributed by atoms with Gasteiger partial charge in [0.25, 0.3) is 5.91 Å². The highest BCUT2D eigenvalue weighted by molar-refractivity contribution is 5.98. The van der Waals surface area contributed by atoms with Gasteiger partial charge in [-0.1, -0.05) is 6.92 Å². The molecule has 21 heavy (non-hydrogen) atoms. The summed E-state index contributed by atoms with van der Waals surface area (Å²) in [6.45, 7) is -1.96. The van der Waals surface area contributed by atoms with Crippen LogP contribution in [0.2, 0.25) is 0 Å². The van der Waals surface area contributed by atoms with Crippen LogP contribution in [0.5, 0.6) is 5.75 Å². The molecule has 0 aromatic heterocycles. The number of amides is 1. The Bertz CT molecular complexity index is 522. The van der Waals surface area contributed by atoms with Crippen LogP contribution in [0.1, 0.15) is 23.7 Å². The lowest BCUT2D eigenvalue weighted by Crippen LogP contribution is -2.36. The lowest BCUT2D eigenvalue weighted by Gasteiger charge is -2.21. The number of carboxylic acid groups (broad SMARTS) is 1. The Morgan fingerprint density at radius 2 is 2.05 bits per heavy atom. The van der Waals surface area contributed by atoms with E-state index in [1.54, 1.807) is 6.92 Å². The maximum atomic E-state index is 13.1. The van der Waals surface area contributed by atoms with Crippen LogP contribution in [-0.4, -0.2) is 41.6 Å². The first-order chi connectivity index (χ1) is 9.85. The minimum absolute atomic E-state index is 0.122. The van der Waals surface area contributed by atoms with E-state index in [0.29, 0.717) is 12.5 Å². The first kappa shape index (κ1) is 16.8. The van der Waals surface area contributed by atoms with Crippen molar-refractivity contribution in [3.63, 3.8) is 0 Å². The van der Waals surface area contributed by atoms with Crippen molar-refractivity contribution in [3.05, 3.63) is 29.6 Å². The number of nitrogens with zero attached hydrogens (tertiary/aromatic N) is 1. The molecule has 1 aromatic carbocycles. The van der Waals surface area contributed by atoms with E-state index in [1.165, 1.54) is 0 Å². The van der Waals surface area contributed by atoms with E-state index in [1.807, 2.05) is 0 Å². The zero-order valence-corrected chi connectivity index (χ0v) is 11.2. The Balaban J connectivity index is 3.10. The third kappa shape index (κ3) is 4.97. The Morgan fingerprint density at radius 1 is 1.38 bits per heavy atom. The molecule has 0 atom stereocenters. The fourth-order valence-electron chi connectivity index (χ4n) is 1.72. The van der Waals surface area contributed by atoms with Gasteiger partial charge in [0.05, 0.1) is 5.56 Å². The number of hydrogen-bond acceptors (Lipinski definition) is 3. The molecule has 0 aliphatic carbocycles. The van der Waals surface area contributed by atoms with E-state index in [2.05, 4.69) is 4.74 Å². The van der Waals surface area contributed by atoms with Crippen molar-refractivity contribution in [1.29, 1.82) is 0 Å². The maximum absolute atomic E-state index is 13.1. The summed E-state index contributed by atoms with van der Waals surface area (Å²) in [6.07, 6.45) is 0.477. The summed E-state index contributed by atoms with van der Waals surface area (Å²) in [6, 6.07) is 2.56. The molecule has 8 heteroatoms. The molecule has 0 saturated heterocycles. The summed E-state index contributed by atoms with van der Waals surface area (Å²) in [5.41, 5.74) is -0.314. The van der Waals surface area contributed by atoms with E-state index in [0.717, 1.165) is 17.0 Å². The van der Waals surface area contributed by atoms with E-state index < -0.39 is 36.6 Å². The smallest absolute Gasteiger partial charge is 0.387 e. The zero-order chi connectivity index (χ0) is 16.0. The third-order valence-electron chi connectivity index (χ3n) is 2.50. The number of ether oxygens (including phenoxy) is 1. The summed E-state index contributed by atoms with van der Waals surface area (Å²) < 4.78 is 41.8. The number of rotatable bonds is 7. The predicted octanol–water partition coefficient (Wildman–Crippen LogP) is 2.36. The van der Waals surface area contributed by atoms with Gasteiger partial charge < -0.3 is 14.7 Å². The van der Waals surface area contributed by atoms with Crippen molar-refractivity contribution in [2.24, 2.45) is 0 Å². The van der Waals surface area contributed by atoms with Gasteiger partial charge in [-0.15, -0.1) is 0 Å². The highest BCUT2D eigenvalue weighted by atomic mass is 19.3. The highest BCUT2D eigenvalue weighted by Crippen LogP contribution is 2.23. The molecule has 5 nitrogen and oxygen atoms in total. The molecule has 0 spiro atoms. The molecule has 1 rings (SSSR count). The lowest BCUT2D eigenvalue weighted by molar-refractivity contribution is -0.137. The van der Waals surface area contributed by atoms with Gasteiger partial charge in [-0.05, 0) is 18.6 Å². The minimum Gasteiger partial charge on any atom is -0.480 e. The van der Waals surface area contributed by atoms with Gasteiger partial charge in [-0.3, -0.25) is 9.59 Å². The standard InChI is InChI=1S/C13H14F3NO4/c1-2-5-17(7-11(18)19)12(20)9-4-3-8(14)6-10(9)21-13(15)16/h3-4,6,13H,2,5,7H2,1H3,(H,18,19). The second-order valence-electron chi connectivity index (χ2n) is 4.14. The summed E-state index contributed by atoms with van der Waals surface area (Å²) in [5, 5.41) is 8.76. The SMILES string of the molecule is CCCN(CC(=O)O)C(=O)c1ccc(F)cc1OC(F)F. The largest absolute Gasteiger partial charge is 0.480 e. The molecule has 0 heterocycles. The van der Waals surface area contributed by atoms with Crippen molar-refractivity contribution in [2.75, 3.05) is 13.1 Å². The van der Waals surface area contributed by atoms with E-state index in [-0.39, 0.29) is 12.1 Å². The Kier molecular flexibility index (Phi) is 6.01. The van der Waals surface area contributed by atoms with Gasteiger partial charge in [0.1, 0.15) is 18.1 Å². The minimum atomic E-state index is -3.22. The quantitative estimate of drug-likeness (QED) is 0.840. The van der Waals surface area contributed by atoms with Crippen LogP contribution < -0.4 is 4.74 Å². The molecule has 0 unspecified atom stereocenters. The summed E-state index contributed by atoms with van der Waals surface area (Å²) in [4.78, 5) is 23.9. The fourth-order valence-corrected chi connectivity index (χ4v) is 1.72. The van der Waals surface area contributed by atoms with E-state index in [4.69, 9.17) is 5.11 Å². The Morgan fingerprint density at radius 3 is 2.57 bits per heavy atom. The van der Waals surface area contributed by atoms with Gasteiger partial charge in [-0.2, -0.15) is 8.78 Å². The molecule has 0 fully saturated rings. The molecule has 1 amide bonds. The van der Waals surface area contributed by atoms with Crippen LogP contribution in [-0.2, 0) is 4.79 Å². The van der Waals surface area contributed by atoms with E-state index >= 15 is 0 Å². The monoisotopic (exact) mass is 305 g/mol. The number of halogens is 3. The van der Waals surface area contributed by atoms with Crippen LogP contribution >= 0.6 is 0 Å². The summed E-state index contributed by atoms with van der Waals surface area (Å²) >= 11 is 0. The molecular formula is C13H14F3NO4. The Hall–Kier alpha value is -2.25. The Labute approximate surface area is 118 Å². The average molecular weight is 305 g/mol.